The molecule has 0 aromatic heterocycles. The van der Waals surface area contributed by atoms with Crippen LogP contribution in [0.1, 0.15) is 57.8 Å². The molecule has 6 fully saturated rings. The predicted molar refractivity (Wildman–Crippen MR) is 120 cm³/mol. The van der Waals surface area contributed by atoms with Gasteiger partial charge in [-0.2, -0.15) is 0 Å². The van der Waals surface area contributed by atoms with Crippen LogP contribution in [0.25, 0.3) is 0 Å². The lowest BCUT2D eigenvalue weighted by atomic mass is 9.88. The summed E-state index contributed by atoms with van der Waals surface area (Å²) in [6.45, 7) is 3.66. The van der Waals surface area contributed by atoms with Gasteiger partial charge in [-0.15, -0.1) is 0 Å². The minimum Gasteiger partial charge on any atom is -0.396 e. The molecule has 1 N–H and O–H groups in total. The Labute approximate surface area is 197 Å². The quantitative estimate of drug-likeness (QED) is 0.418. The first-order valence-electron chi connectivity index (χ1n) is 13.5. The van der Waals surface area contributed by atoms with E-state index < -0.39 is 5.41 Å². The van der Waals surface area contributed by atoms with Crippen LogP contribution < -0.4 is 0 Å². The molecule has 3 aliphatic carbocycles. The Balaban J connectivity index is 0.975. The molecule has 3 saturated carbocycles. The van der Waals surface area contributed by atoms with Gasteiger partial charge >= 0.3 is 0 Å². The Bertz CT molecular complexity index is 575. The molecular weight excluding hydrogens is 424 g/mol. The fraction of sp³-hybridized carbons (Fsp3) is 1.00. The minimum atomic E-state index is -0.506. The van der Waals surface area contributed by atoms with Crippen molar-refractivity contribution in [1.29, 1.82) is 0 Å². The number of hydrogen-bond donors (Lipinski definition) is 1. The van der Waals surface area contributed by atoms with Gasteiger partial charge in [-0.1, -0.05) is 0 Å². The van der Waals surface area contributed by atoms with E-state index in [-0.39, 0.29) is 6.61 Å². The molecule has 33 heavy (non-hydrogen) atoms. The zero-order valence-electron chi connectivity index (χ0n) is 19.9. The maximum atomic E-state index is 10.4. The monoisotopic (exact) mass is 466 g/mol. The Morgan fingerprint density at radius 2 is 0.909 bits per heavy atom. The molecule has 6 rings (SSSR count). The molecule has 0 radical (unpaired) electrons. The first-order valence-corrected chi connectivity index (χ1v) is 13.5. The van der Waals surface area contributed by atoms with Crippen molar-refractivity contribution in [3.05, 3.63) is 0 Å². The number of aliphatic hydroxyl groups excluding tert-OH is 1. The molecule has 7 nitrogen and oxygen atoms in total. The van der Waals surface area contributed by atoms with E-state index in [1.807, 2.05) is 0 Å². The number of aliphatic hydroxyl groups is 1. The highest BCUT2D eigenvalue weighted by atomic mass is 16.6. The summed E-state index contributed by atoms with van der Waals surface area (Å²) in [4.78, 5) is 0. The predicted octanol–water partition coefficient (Wildman–Crippen LogP) is 2.72. The van der Waals surface area contributed by atoms with Gasteiger partial charge in [0.1, 0.15) is 0 Å². The van der Waals surface area contributed by atoms with Crippen molar-refractivity contribution in [2.75, 3.05) is 46.2 Å². The second kappa shape index (κ2) is 10.00. The molecule has 9 atom stereocenters. The molecule has 7 heteroatoms. The SMILES string of the molecule is OCC(COCC1CCC2OC2C1)(COCC1CCC2OC2C1)COCC1CCC2OC2C1. The van der Waals surface area contributed by atoms with Crippen molar-refractivity contribution >= 4 is 0 Å². The number of epoxide rings is 3. The maximum Gasteiger partial charge on any atom is 0.0845 e. The van der Waals surface area contributed by atoms with Gasteiger partial charge in [-0.3, -0.25) is 0 Å². The molecule has 188 valence electrons. The molecule has 6 aliphatic rings. The van der Waals surface area contributed by atoms with E-state index in [1.54, 1.807) is 0 Å². The third-order valence-electron chi connectivity index (χ3n) is 8.96. The van der Waals surface area contributed by atoms with E-state index in [4.69, 9.17) is 28.4 Å². The summed E-state index contributed by atoms with van der Waals surface area (Å²) in [5.74, 6) is 1.69. The average molecular weight is 467 g/mol. The Morgan fingerprint density at radius 1 is 0.545 bits per heavy atom. The van der Waals surface area contributed by atoms with Gasteiger partial charge in [-0.25, -0.2) is 0 Å². The van der Waals surface area contributed by atoms with Crippen LogP contribution in [0.5, 0.6) is 0 Å². The Morgan fingerprint density at radius 3 is 1.21 bits per heavy atom. The topological polar surface area (TPSA) is 85.5 Å². The van der Waals surface area contributed by atoms with Gasteiger partial charge in [0, 0.05) is 19.8 Å². The summed E-state index contributed by atoms with van der Waals surface area (Å²) in [5, 5.41) is 10.4. The van der Waals surface area contributed by atoms with Gasteiger partial charge in [0.05, 0.1) is 68.5 Å². The lowest BCUT2D eigenvalue weighted by Crippen LogP contribution is -2.42. The Hall–Kier alpha value is -0.280. The highest BCUT2D eigenvalue weighted by Gasteiger charge is 2.46. The van der Waals surface area contributed by atoms with Crippen LogP contribution in [0.2, 0.25) is 0 Å². The van der Waals surface area contributed by atoms with Gasteiger partial charge < -0.3 is 33.5 Å². The van der Waals surface area contributed by atoms with Gasteiger partial charge in [0.2, 0.25) is 0 Å². The molecule has 3 aliphatic heterocycles. The standard InChI is InChI=1S/C26H42O7/c27-13-26(14-28-10-17-1-4-20-23(7-17)31-20,15-29-11-18-2-5-21-24(8-18)32-21)16-30-12-19-3-6-22-25(9-19)33-22/h17-25,27H,1-16H2. The second-order valence-corrected chi connectivity index (χ2v) is 11.9. The van der Waals surface area contributed by atoms with Gasteiger partial charge in [0.15, 0.2) is 0 Å². The summed E-state index contributed by atoms with van der Waals surface area (Å²) >= 11 is 0. The fourth-order valence-corrected chi connectivity index (χ4v) is 6.50. The molecule has 3 saturated heterocycles. The average Bonchev–Trinajstić information content (AvgIpc) is 3.71. The molecule has 9 unspecified atom stereocenters. The van der Waals surface area contributed by atoms with E-state index in [0.717, 1.165) is 58.3 Å². The summed E-state index contributed by atoms with van der Waals surface area (Å²) in [6, 6.07) is 0. The highest BCUT2D eigenvalue weighted by molar-refractivity contribution is 4.94. The van der Waals surface area contributed by atoms with E-state index >= 15 is 0 Å². The van der Waals surface area contributed by atoms with Gasteiger partial charge in [0.25, 0.3) is 0 Å². The lowest BCUT2D eigenvalue weighted by Gasteiger charge is -2.33. The third-order valence-corrected chi connectivity index (χ3v) is 8.96. The smallest absolute Gasteiger partial charge is 0.0845 e. The molecule has 0 bridgehead atoms. The number of fused-ring (bicyclic) bond motifs is 3. The van der Waals surface area contributed by atoms with Crippen LogP contribution in [0.3, 0.4) is 0 Å². The first-order chi connectivity index (χ1) is 16.2. The first kappa shape index (κ1) is 23.1. The fourth-order valence-electron chi connectivity index (χ4n) is 6.50. The van der Waals surface area contributed by atoms with Crippen LogP contribution in [0, 0.1) is 23.2 Å². The number of hydrogen-bond acceptors (Lipinski definition) is 7. The molecule has 3 heterocycles. The van der Waals surface area contributed by atoms with Crippen LogP contribution in [0.15, 0.2) is 0 Å². The van der Waals surface area contributed by atoms with Crippen molar-refractivity contribution in [3.63, 3.8) is 0 Å². The van der Waals surface area contributed by atoms with E-state index in [9.17, 15) is 5.11 Å². The largest absolute Gasteiger partial charge is 0.396 e. The molecule has 0 amide bonds. The zero-order chi connectivity index (χ0) is 22.3. The lowest BCUT2D eigenvalue weighted by molar-refractivity contribution is -0.106. The molecule has 0 aromatic carbocycles. The van der Waals surface area contributed by atoms with E-state index in [0.29, 0.717) is 74.2 Å². The van der Waals surface area contributed by atoms with Crippen LogP contribution in [-0.4, -0.2) is 88.0 Å². The minimum absolute atomic E-state index is 0.0163. The van der Waals surface area contributed by atoms with Crippen LogP contribution in [0.4, 0.5) is 0 Å². The summed E-state index contributed by atoms with van der Waals surface area (Å²) in [5.41, 5.74) is -0.506. The van der Waals surface area contributed by atoms with E-state index in [1.165, 1.54) is 19.3 Å². The number of ether oxygens (including phenoxy) is 6. The Kier molecular flexibility index (Phi) is 7.01. The van der Waals surface area contributed by atoms with Gasteiger partial charge in [-0.05, 0) is 75.5 Å². The number of rotatable bonds is 13. The highest BCUT2D eigenvalue weighted by Crippen LogP contribution is 2.41. The van der Waals surface area contributed by atoms with Crippen LogP contribution >= 0.6 is 0 Å². The zero-order valence-corrected chi connectivity index (χ0v) is 19.9. The summed E-state index contributed by atoms with van der Waals surface area (Å²) < 4.78 is 35.6. The second-order valence-electron chi connectivity index (χ2n) is 11.9. The maximum absolute atomic E-state index is 10.4. The third kappa shape index (κ3) is 5.93. The molecular formula is C26H42O7. The summed E-state index contributed by atoms with van der Waals surface area (Å²) in [7, 11) is 0. The van der Waals surface area contributed by atoms with Crippen molar-refractivity contribution in [2.45, 2.75) is 94.4 Å². The summed E-state index contributed by atoms with van der Waals surface area (Å²) in [6.07, 6.45) is 13.3. The molecule has 0 spiro atoms. The normalized spacial score (nSPS) is 44.8. The molecule has 0 aromatic rings. The van der Waals surface area contributed by atoms with Crippen LogP contribution in [-0.2, 0) is 28.4 Å². The van der Waals surface area contributed by atoms with Crippen molar-refractivity contribution in [3.8, 4) is 0 Å². The van der Waals surface area contributed by atoms with Crippen molar-refractivity contribution in [1.82, 2.24) is 0 Å². The van der Waals surface area contributed by atoms with Crippen molar-refractivity contribution in [2.24, 2.45) is 23.2 Å². The van der Waals surface area contributed by atoms with Crippen molar-refractivity contribution < 1.29 is 33.5 Å². The van der Waals surface area contributed by atoms with E-state index in [2.05, 4.69) is 0 Å².